The Morgan fingerprint density at radius 3 is 2.48 bits per heavy atom. The number of nitrogens with zero attached hydrogens (tertiary/aromatic N) is 1. The molecule has 0 spiro atoms. The highest BCUT2D eigenvalue weighted by molar-refractivity contribution is 6.31. The molecule has 1 fully saturated rings. The zero-order valence-corrected chi connectivity index (χ0v) is 16.9. The van der Waals surface area contributed by atoms with Gasteiger partial charge in [-0.05, 0) is 55.7 Å². The number of amides is 4. The van der Waals surface area contributed by atoms with Crippen LogP contribution in [0.1, 0.15) is 58.4 Å². The number of carbonyl (C=O) groups is 3. The highest BCUT2D eigenvalue weighted by atomic mass is 35.5. The Kier molecular flexibility index (Phi) is 5.28. The Bertz CT molecular complexity index is 999. The summed E-state index contributed by atoms with van der Waals surface area (Å²) in [6, 6.07) is 9.61. The molecule has 1 saturated carbocycles. The van der Waals surface area contributed by atoms with Crippen molar-refractivity contribution in [2.75, 3.05) is 10.6 Å². The van der Waals surface area contributed by atoms with E-state index in [9.17, 15) is 14.4 Å². The lowest BCUT2D eigenvalue weighted by atomic mass is 9.94. The van der Waals surface area contributed by atoms with Crippen molar-refractivity contribution < 1.29 is 14.4 Å². The van der Waals surface area contributed by atoms with Gasteiger partial charge in [0.1, 0.15) is 0 Å². The van der Waals surface area contributed by atoms with Crippen molar-refractivity contribution in [2.45, 2.75) is 45.1 Å². The maximum atomic E-state index is 12.9. The van der Waals surface area contributed by atoms with E-state index in [2.05, 4.69) is 10.6 Å². The van der Waals surface area contributed by atoms with Gasteiger partial charge < -0.3 is 10.6 Å². The van der Waals surface area contributed by atoms with Crippen LogP contribution in [0.4, 0.5) is 16.2 Å². The van der Waals surface area contributed by atoms with Crippen LogP contribution >= 0.6 is 11.6 Å². The number of nitrogens with one attached hydrogen (secondary N) is 2. The molecule has 6 nitrogen and oxygen atoms in total. The smallest absolute Gasteiger partial charge is 0.308 e. The number of imide groups is 1. The highest BCUT2D eigenvalue weighted by Crippen LogP contribution is 2.32. The largest absolute Gasteiger partial charge is 0.323 e. The van der Waals surface area contributed by atoms with Crippen molar-refractivity contribution in [1.29, 1.82) is 0 Å². The minimum atomic E-state index is -0.448. The fraction of sp³-hybridized carbons (Fsp3) is 0.318. The van der Waals surface area contributed by atoms with Crippen LogP contribution in [-0.2, 0) is 0 Å². The van der Waals surface area contributed by atoms with Crippen molar-refractivity contribution in [3.8, 4) is 0 Å². The van der Waals surface area contributed by atoms with Crippen molar-refractivity contribution in [3.05, 3.63) is 58.1 Å². The van der Waals surface area contributed by atoms with Crippen LogP contribution in [0.3, 0.4) is 0 Å². The Labute approximate surface area is 174 Å². The predicted octanol–water partition coefficient (Wildman–Crippen LogP) is 5.22. The number of benzene rings is 2. The highest BCUT2D eigenvalue weighted by Gasteiger charge is 2.40. The molecule has 0 aromatic heterocycles. The summed E-state index contributed by atoms with van der Waals surface area (Å²) in [6.45, 7) is 1.82. The first-order valence-electron chi connectivity index (χ1n) is 9.81. The van der Waals surface area contributed by atoms with Crippen LogP contribution in [0.15, 0.2) is 36.4 Å². The summed E-state index contributed by atoms with van der Waals surface area (Å²) >= 11 is 6.08. The zero-order valence-electron chi connectivity index (χ0n) is 16.1. The molecule has 0 saturated heterocycles. The molecule has 0 atom stereocenters. The lowest BCUT2D eigenvalue weighted by Crippen LogP contribution is -2.40. The van der Waals surface area contributed by atoms with Gasteiger partial charge in [-0.2, -0.15) is 0 Å². The van der Waals surface area contributed by atoms with Gasteiger partial charge in [-0.25, -0.2) is 4.79 Å². The van der Waals surface area contributed by atoms with E-state index in [1.165, 1.54) is 4.90 Å². The van der Waals surface area contributed by atoms with Crippen molar-refractivity contribution in [2.24, 2.45) is 0 Å². The van der Waals surface area contributed by atoms with Gasteiger partial charge in [-0.15, -0.1) is 0 Å². The Hall–Kier alpha value is -2.86. The van der Waals surface area contributed by atoms with Gasteiger partial charge >= 0.3 is 6.03 Å². The minimum Gasteiger partial charge on any atom is -0.308 e. The lowest BCUT2D eigenvalue weighted by molar-refractivity contribution is 0.0549. The van der Waals surface area contributed by atoms with Crippen LogP contribution in [0, 0.1) is 6.92 Å². The number of fused-ring (bicyclic) bond motifs is 1. The molecule has 7 heteroatoms. The maximum Gasteiger partial charge on any atom is 0.323 e. The number of hydrogen-bond acceptors (Lipinski definition) is 3. The predicted molar refractivity (Wildman–Crippen MR) is 113 cm³/mol. The maximum absolute atomic E-state index is 12.9. The third kappa shape index (κ3) is 3.72. The number of anilines is 2. The fourth-order valence-corrected chi connectivity index (χ4v) is 4.21. The van der Waals surface area contributed by atoms with Crippen molar-refractivity contribution >= 4 is 40.8 Å². The van der Waals surface area contributed by atoms with Gasteiger partial charge in [0.2, 0.25) is 0 Å². The molecule has 0 unspecified atom stereocenters. The summed E-state index contributed by atoms with van der Waals surface area (Å²) in [6.07, 6.45) is 4.94. The average molecular weight is 412 g/mol. The quantitative estimate of drug-likeness (QED) is 0.679. The molecule has 1 heterocycles. The first-order valence-corrected chi connectivity index (χ1v) is 10.2. The monoisotopic (exact) mass is 411 g/mol. The van der Waals surface area contributed by atoms with Gasteiger partial charge in [0.15, 0.2) is 0 Å². The van der Waals surface area contributed by atoms with E-state index in [0.29, 0.717) is 27.5 Å². The Morgan fingerprint density at radius 2 is 1.72 bits per heavy atom. The number of rotatable bonds is 3. The molecule has 29 heavy (non-hydrogen) atoms. The van der Waals surface area contributed by atoms with E-state index in [0.717, 1.165) is 37.7 Å². The van der Waals surface area contributed by atoms with E-state index < -0.39 is 6.03 Å². The molecule has 0 bridgehead atoms. The topological polar surface area (TPSA) is 78.5 Å². The molecule has 4 rings (SSSR count). The summed E-state index contributed by atoms with van der Waals surface area (Å²) in [4.78, 5) is 39.4. The third-order valence-electron chi connectivity index (χ3n) is 5.63. The summed E-state index contributed by atoms with van der Waals surface area (Å²) in [7, 11) is 0. The molecule has 150 valence electrons. The van der Waals surface area contributed by atoms with Crippen LogP contribution < -0.4 is 10.6 Å². The van der Waals surface area contributed by atoms with Crippen LogP contribution in [-0.4, -0.2) is 28.8 Å². The standard InChI is InChI=1S/C22H22ClN3O3/c1-13-18(23)8-5-9-19(13)25-22(29)24-14-10-11-16-17(12-14)21(28)26(20(16)27)15-6-3-2-4-7-15/h5,8-12,15H,2-4,6-7H2,1H3,(H2,24,25,29). The van der Waals surface area contributed by atoms with Crippen LogP contribution in [0.5, 0.6) is 0 Å². The second kappa shape index (κ2) is 7.87. The van der Waals surface area contributed by atoms with E-state index in [-0.39, 0.29) is 17.9 Å². The van der Waals surface area contributed by atoms with Crippen LogP contribution in [0.25, 0.3) is 0 Å². The second-order valence-corrected chi connectivity index (χ2v) is 7.93. The van der Waals surface area contributed by atoms with Gasteiger partial charge in [-0.3, -0.25) is 14.5 Å². The summed E-state index contributed by atoms with van der Waals surface area (Å²) in [5.74, 6) is -0.505. The molecular formula is C22H22ClN3O3. The van der Waals surface area contributed by atoms with Gasteiger partial charge in [0, 0.05) is 22.4 Å². The van der Waals surface area contributed by atoms with Crippen LogP contribution in [0.2, 0.25) is 5.02 Å². The molecule has 2 N–H and O–H groups in total. The van der Waals surface area contributed by atoms with E-state index in [1.54, 1.807) is 36.4 Å². The van der Waals surface area contributed by atoms with Crippen molar-refractivity contribution in [3.63, 3.8) is 0 Å². The average Bonchev–Trinajstić information content (AvgIpc) is 2.96. The first-order chi connectivity index (χ1) is 14.0. The molecule has 2 aliphatic rings. The lowest BCUT2D eigenvalue weighted by Gasteiger charge is -2.29. The molecule has 4 amide bonds. The number of carbonyl (C=O) groups excluding carboxylic acids is 3. The normalized spacial score (nSPS) is 16.7. The van der Waals surface area contributed by atoms with Crippen molar-refractivity contribution in [1.82, 2.24) is 4.90 Å². The van der Waals surface area contributed by atoms with E-state index in [1.807, 2.05) is 6.92 Å². The fourth-order valence-electron chi connectivity index (χ4n) is 4.04. The Morgan fingerprint density at radius 1 is 1.00 bits per heavy atom. The van der Waals surface area contributed by atoms with Gasteiger partial charge in [0.25, 0.3) is 11.8 Å². The van der Waals surface area contributed by atoms with Gasteiger partial charge in [-0.1, -0.05) is 36.9 Å². The molecule has 1 aliphatic carbocycles. The SMILES string of the molecule is Cc1c(Cl)cccc1NC(=O)Nc1ccc2c(c1)C(=O)N(C1CCCCC1)C2=O. The minimum absolute atomic E-state index is 0.0262. The molecule has 1 aliphatic heterocycles. The summed E-state index contributed by atoms with van der Waals surface area (Å²) in [5.41, 5.74) is 2.56. The second-order valence-electron chi connectivity index (χ2n) is 7.52. The Balaban J connectivity index is 1.50. The summed E-state index contributed by atoms with van der Waals surface area (Å²) < 4.78 is 0. The molecule has 2 aromatic rings. The zero-order chi connectivity index (χ0) is 20.5. The first kappa shape index (κ1) is 19.5. The number of urea groups is 1. The summed E-state index contributed by atoms with van der Waals surface area (Å²) in [5, 5.41) is 6.03. The number of hydrogen-bond donors (Lipinski definition) is 2. The van der Waals surface area contributed by atoms with Gasteiger partial charge in [0.05, 0.1) is 11.1 Å². The molecule has 2 aromatic carbocycles. The van der Waals surface area contributed by atoms with E-state index in [4.69, 9.17) is 11.6 Å². The third-order valence-corrected chi connectivity index (χ3v) is 6.04. The van der Waals surface area contributed by atoms with E-state index >= 15 is 0 Å². The number of halogens is 1. The molecular weight excluding hydrogens is 390 g/mol. The molecule has 0 radical (unpaired) electrons.